The summed E-state index contributed by atoms with van der Waals surface area (Å²) in [6, 6.07) is 0. The molecule has 0 atom stereocenters. The van der Waals surface area contributed by atoms with Crippen LogP contribution in [-0.2, 0) is 0 Å². The molecule has 0 unspecified atom stereocenters. The second-order valence-corrected chi connectivity index (χ2v) is 4.76. The van der Waals surface area contributed by atoms with E-state index in [1.807, 2.05) is 0 Å². The molecule has 0 spiro atoms. The monoisotopic (exact) mass is 198 g/mol. The van der Waals surface area contributed by atoms with E-state index >= 15 is 0 Å². The van der Waals surface area contributed by atoms with Gasteiger partial charge in [-0.1, -0.05) is 32.6 Å². The van der Waals surface area contributed by atoms with E-state index < -0.39 is 0 Å². The van der Waals surface area contributed by atoms with Crippen LogP contribution in [-0.4, -0.2) is 30.6 Å². The number of hydrogen-bond donors (Lipinski definition) is 1. The zero-order valence-electron chi connectivity index (χ0n) is 9.89. The van der Waals surface area contributed by atoms with Crippen molar-refractivity contribution in [3.63, 3.8) is 0 Å². The number of rotatable bonds is 5. The Kier molecular flexibility index (Phi) is 4.90. The van der Waals surface area contributed by atoms with Gasteiger partial charge in [0.05, 0.1) is 0 Å². The molecule has 0 saturated heterocycles. The topological polar surface area (TPSA) is 29.3 Å². The van der Waals surface area contributed by atoms with Crippen LogP contribution in [0, 0.1) is 0 Å². The molecule has 1 aliphatic carbocycles. The van der Waals surface area contributed by atoms with Gasteiger partial charge in [0.1, 0.15) is 0 Å². The average molecular weight is 198 g/mol. The highest BCUT2D eigenvalue weighted by atomic mass is 15.2. The molecule has 1 aliphatic rings. The molecule has 2 heteroatoms. The molecule has 84 valence electrons. The van der Waals surface area contributed by atoms with Crippen LogP contribution in [0.3, 0.4) is 0 Å². The summed E-state index contributed by atoms with van der Waals surface area (Å²) in [5.41, 5.74) is 6.31. The van der Waals surface area contributed by atoms with Crippen LogP contribution in [0.5, 0.6) is 0 Å². The van der Waals surface area contributed by atoms with Gasteiger partial charge < -0.3 is 5.73 Å². The van der Waals surface area contributed by atoms with Crippen molar-refractivity contribution in [3.05, 3.63) is 0 Å². The van der Waals surface area contributed by atoms with E-state index in [0.29, 0.717) is 5.54 Å². The van der Waals surface area contributed by atoms with E-state index in [0.717, 1.165) is 6.54 Å². The number of nitrogens with two attached hydrogens (primary N) is 1. The Bertz CT molecular complexity index is 150. The van der Waals surface area contributed by atoms with Gasteiger partial charge in [0.15, 0.2) is 0 Å². The van der Waals surface area contributed by atoms with Gasteiger partial charge in [0.25, 0.3) is 0 Å². The molecule has 1 rings (SSSR count). The Morgan fingerprint density at radius 1 is 1.21 bits per heavy atom. The molecular formula is C12H26N2. The minimum atomic E-state index is 0.341. The predicted octanol–water partition coefficient (Wildman–Crippen LogP) is 2.38. The van der Waals surface area contributed by atoms with Crippen LogP contribution in [0.15, 0.2) is 0 Å². The molecule has 0 heterocycles. The summed E-state index contributed by atoms with van der Waals surface area (Å²) in [6.45, 7) is 4.31. The highest BCUT2D eigenvalue weighted by Gasteiger charge is 2.33. The van der Waals surface area contributed by atoms with Crippen molar-refractivity contribution in [2.75, 3.05) is 20.1 Å². The molecule has 0 aromatic carbocycles. The zero-order valence-corrected chi connectivity index (χ0v) is 9.89. The standard InChI is InChI=1S/C12H26N2/c1-3-4-10-14(2)12(11-13)8-6-5-7-9-12/h3-11,13H2,1-2H3. The predicted molar refractivity (Wildman–Crippen MR) is 62.4 cm³/mol. The quantitative estimate of drug-likeness (QED) is 0.735. The second kappa shape index (κ2) is 5.72. The van der Waals surface area contributed by atoms with Crippen LogP contribution in [0.4, 0.5) is 0 Å². The Morgan fingerprint density at radius 2 is 1.86 bits per heavy atom. The van der Waals surface area contributed by atoms with Gasteiger partial charge >= 0.3 is 0 Å². The molecule has 2 N–H and O–H groups in total. The summed E-state index contributed by atoms with van der Waals surface area (Å²) >= 11 is 0. The van der Waals surface area contributed by atoms with Crippen molar-refractivity contribution < 1.29 is 0 Å². The fraction of sp³-hybridized carbons (Fsp3) is 1.00. The molecule has 0 aromatic rings. The van der Waals surface area contributed by atoms with Crippen molar-refractivity contribution in [3.8, 4) is 0 Å². The Labute approximate surface area is 88.8 Å². The Hall–Kier alpha value is -0.0800. The highest BCUT2D eigenvalue weighted by Crippen LogP contribution is 2.32. The fourth-order valence-electron chi connectivity index (χ4n) is 2.58. The van der Waals surface area contributed by atoms with Crippen LogP contribution in [0.2, 0.25) is 0 Å². The molecule has 0 bridgehead atoms. The maximum atomic E-state index is 5.97. The third-order valence-electron chi connectivity index (χ3n) is 3.82. The van der Waals surface area contributed by atoms with E-state index in [-0.39, 0.29) is 0 Å². The minimum Gasteiger partial charge on any atom is -0.329 e. The van der Waals surface area contributed by atoms with E-state index in [2.05, 4.69) is 18.9 Å². The summed E-state index contributed by atoms with van der Waals surface area (Å²) in [7, 11) is 2.26. The van der Waals surface area contributed by atoms with Crippen molar-refractivity contribution in [2.45, 2.75) is 57.4 Å². The summed E-state index contributed by atoms with van der Waals surface area (Å²) < 4.78 is 0. The lowest BCUT2D eigenvalue weighted by molar-refractivity contribution is 0.0814. The van der Waals surface area contributed by atoms with Gasteiger partial charge in [-0.3, -0.25) is 4.90 Å². The van der Waals surface area contributed by atoms with Gasteiger partial charge in [-0.05, 0) is 32.9 Å². The lowest BCUT2D eigenvalue weighted by Gasteiger charge is -2.44. The molecule has 0 aliphatic heterocycles. The summed E-state index contributed by atoms with van der Waals surface area (Å²) in [4.78, 5) is 2.52. The maximum Gasteiger partial charge on any atom is 0.0328 e. The van der Waals surface area contributed by atoms with E-state index in [9.17, 15) is 0 Å². The molecule has 0 radical (unpaired) electrons. The number of likely N-dealkylation sites (N-methyl/N-ethyl adjacent to an activating group) is 1. The highest BCUT2D eigenvalue weighted by molar-refractivity contribution is 4.92. The first kappa shape index (κ1) is 12.0. The molecule has 0 amide bonds. The Balaban J connectivity index is 2.48. The van der Waals surface area contributed by atoms with Gasteiger partial charge in [-0.2, -0.15) is 0 Å². The fourth-order valence-corrected chi connectivity index (χ4v) is 2.58. The first-order valence-electron chi connectivity index (χ1n) is 6.16. The molecule has 0 aromatic heterocycles. The molecule has 1 saturated carbocycles. The number of unbranched alkanes of at least 4 members (excludes halogenated alkanes) is 1. The van der Waals surface area contributed by atoms with Gasteiger partial charge in [0, 0.05) is 12.1 Å². The van der Waals surface area contributed by atoms with Gasteiger partial charge in [0.2, 0.25) is 0 Å². The van der Waals surface area contributed by atoms with E-state index in [1.54, 1.807) is 0 Å². The molecule has 1 fully saturated rings. The number of hydrogen-bond acceptors (Lipinski definition) is 2. The second-order valence-electron chi connectivity index (χ2n) is 4.76. The van der Waals surface area contributed by atoms with Crippen LogP contribution in [0.1, 0.15) is 51.9 Å². The van der Waals surface area contributed by atoms with Crippen LogP contribution in [0.25, 0.3) is 0 Å². The molecular weight excluding hydrogens is 172 g/mol. The largest absolute Gasteiger partial charge is 0.329 e. The lowest BCUT2D eigenvalue weighted by Crippen LogP contribution is -2.53. The first-order chi connectivity index (χ1) is 6.75. The Morgan fingerprint density at radius 3 is 2.36 bits per heavy atom. The van der Waals surface area contributed by atoms with Gasteiger partial charge in [-0.25, -0.2) is 0 Å². The summed E-state index contributed by atoms with van der Waals surface area (Å²) in [5, 5.41) is 0. The summed E-state index contributed by atoms with van der Waals surface area (Å²) in [6.07, 6.45) is 9.35. The van der Waals surface area contributed by atoms with E-state index in [1.165, 1.54) is 51.5 Å². The third kappa shape index (κ3) is 2.71. The smallest absolute Gasteiger partial charge is 0.0328 e. The van der Waals surface area contributed by atoms with Crippen LogP contribution < -0.4 is 5.73 Å². The van der Waals surface area contributed by atoms with Crippen molar-refractivity contribution >= 4 is 0 Å². The maximum absolute atomic E-state index is 5.97. The van der Waals surface area contributed by atoms with Crippen LogP contribution >= 0.6 is 0 Å². The van der Waals surface area contributed by atoms with E-state index in [4.69, 9.17) is 5.73 Å². The molecule has 2 nitrogen and oxygen atoms in total. The van der Waals surface area contributed by atoms with Gasteiger partial charge in [-0.15, -0.1) is 0 Å². The average Bonchev–Trinajstić information content (AvgIpc) is 2.26. The van der Waals surface area contributed by atoms with Crippen molar-refractivity contribution in [1.82, 2.24) is 4.90 Å². The normalized spacial score (nSPS) is 21.4. The SMILES string of the molecule is CCCCN(C)C1(CN)CCCCC1. The molecule has 14 heavy (non-hydrogen) atoms. The minimum absolute atomic E-state index is 0.341. The first-order valence-corrected chi connectivity index (χ1v) is 6.16. The zero-order chi connectivity index (χ0) is 10.4. The number of nitrogens with zero attached hydrogens (tertiary/aromatic N) is 1. The lowest BCUT2D eigenvalue weighted by atomic mass is 9.80. The summed E-state index contributed by atoms with van der Waals surface area (Å²) in [5.74, 6) is 0. The third-order valence-corrected chi connectivity index (χ3v) is 3.82. The van der Waals surface area contributed by atoms with Crippen molar-refractivity contribution in [2.24, 2.45) is 5.73 Å². The van der Waals surface area contributed by atoms with Crippen molar-refractivity contribution in [1.29, 1.82) is 0 Å².